The van der Waals surface area contributed by atoms with E-state index in [1.807, 2.05) is 44.2 Å². The number of carbonyl (C=O) groups is 2. The molecule has 12 nitrogen and oxygen atoms in total. The average Bonchev–Trinajstić information content (AvgIpc) is 3.38. The SMILES string of the molecule is COC(=O)Nc1nc2ccc(S(=O)(=O)N(CC(C)C)C[C@@H](O)[C@H](Cc3ccccc3)NC(=O)c3ccc(N)cc3C)cc2[nH]1. The molecular formula is C31H38N6O6S. The molecular weight excluding hydrogens is 584 g/mol. The van der Waals surface area contributed by atoms with Crippen molar-refractivity contribution in [2.45, 2.75) is 44.2 Å². The van der Waals surface area contributed by atoms with Crippen LogP contribution in [-0.2, 0) is 21.2 Å². The predicted octanol–water partition coefficient (Wildman–Crippen LogP) is 3.68. The van der Waals surface area contributed by atoms with Gasteiger partial charge >= 0.3 is 6.09 Å². The lowest BCUT2D eigenvalue weighted by Crippen LogP contribution is -2.51. The first-order valence-electron chi connectivity index (χ1n) is 14.1. The summed E-state index contributed by atoms with van der Waals surface area (Å²) in [6, 6.07) is 17.9. The molecule has 6 N–H and O–H groups in total. The Morgan fingerprint density at radius 1 is 1.07 bits per heavy atom. The summed E-state index contributed by atoms with van der Waals surface area (Å²) < 4.78 is 33.8. The maximum Gasteiger partial charge on any atom is 0.413 e. The highest BCUT2D eigenvalue weighted by atomic mass is 32.2. The van der Waals surface area contributed by atoms with Gasteiger partial charge in [0.15, 0.2) is 0 Å². The molecule has 44 heavy (non-hydrogen) atoms. The van der Waals surface area contributed by atoms with E-state index in [0.717, 1.165) is 5.56 Å². The number of amides is 2. The number of fused-ring (bicyclic) bond motifs is 1. The molecule has 1 aromatic heterocycles. The second kappa shape index (κ2) is 13.9. The number of hydrogen-bond acceptors (Lipinski definition) is 8. The number of aromatic amines is 1. The second-order valence-corrected chi connectivity index (χ2v) is 12.9. The highest BCUT2D eigenvalue weighted by Crippen LogP contribution is 2.24. The van der Waals surface area contributed by atoms with Crippen molar-refractivity contribution < 1.29 is 27.9 Å². The van der Waals surface area contributed by atoms with E-state index < -0.39 is 34.2 Å². The number of carbonyl (C=O) groups excluding carboxylic acids is 2. The maximum absolute atomic E-state index is 14.0. The fourth-order valence-electron chi connectivity index (χ4n) is 4.86. The van der Waals surface area contributed by atoms with Crippen molar-refractivity contribution in [1.82, 2.24) is 19.6 Å². The fourth-order valence-corrected chi connectivity index (χ4v) is 6.51. The molecule has 2 atom stereocenters. The molecule has 0 spiro atoms. The molecule has 0 saturated heterocycles. The Kier molecular flexibility index (Phi) is 10.2. The average molecular weight is 623 g/mol. The second-order valence-electron chi connectivity index (χ2n) is 11.0. The number of sulfonamides is 1. The number of aliphatic hydroxyl groups excluding tert-OH is 1. The van der Waals surface area contributed by atoms with Crippen LogP contribution in [0.4, 0.5) is 16.4 Å². The first kappa shape index (κ1) is 32.5. The predicted molar refractivity (Wildman–Crippen MR) is 169 cm³/mol. The van der Waals surface area contributed by atoms with Gasteiger partial charge in [-0.1, -0.05) is 44.2 Å². The summed E-state index contributed by atoms with van der Waals surface area (Å²) in [6.45, 7) is 5.39. The van der Waals surface area contributed by atoms with Crippen molar-refractivity contribution in [3.63, 3.8) is 0 Å². The first-order chi connectivity index (χ1) is 20.9. The quantitative estimate of drug-likeness (QED) is 0.148. The highest BCUT2D eigenvalue weighted by Gasteiger charge is 2.32. The van der Waals surface area contributed by atoms with E-state index in [-0.39, 0.29) is 36.3 Å². The number of nitrogens with two attached hydrogens (primary N) is 1. The lowest BCUT2D eigenvalue weighted by molar-refractivity contribution is 0.0775. The van der Waals surface area contributed by atoms with E-state index in [0.29, 0.717) is 27.8 Å². The van der Waals surface area contributed by atoms with E-state index in [2.05, 4.69) is 25.3 Å². The van der Waals surface area contributed by atoms with Gasteiger partial charge < -0.3 is 25.9 Å². The molecule has 0 unspecified atom stereocenters. The lowest BCUT2D eigenvalue weighted by Gasteiger charge is -2.31. The van der Waals surface area contributed by atoms with Crippen molar-refractivity contribution >= 4 is 44.7 Å². The molecule has 3 aromatic carbocycles. The number of aliphatic hydroxyl groups is 1. The number of aryl methyl sites for hydroxylation is 1. The van der Waals surface area contributed by atoms with Crippen LogP contribution < -0.4 is 16.4 Å². The van der Waals surface area contributed by atoms with Crippen LogP contribution in [-0.4, -0.2) is 72.1 Å². The molecule has 0 saturated carbocycles. The molecule has 0 fully saturated rings. The number of anilines is 2. The van der Waals surface area contributed by atoms with E-state index in [4.69, 9.17) is 5.73 Å². The molecule has 1 heterocycles. The van der Waals surface area contributed by atoms with Gasteiger partial charge in [0.05, 0.1) is 35.2 Å². The standard InChI is InChI=1S/C31H38N6O6S/c1-19(2)17-37(44(41,42)23-11-13-25-26(16-23)35-30(34-25)36-31(40)43-4)18-28(38)27(15-21-8-6-5-7-9-21)33-29(39)24-12-10-22(32)14-20(24)3/h5-14,16,19,27-28,38H,15,17-18,32H2,1-4H3,(H,33,39)(H2,34,35,36,40)/t27-,28+/m0/s1. The van der Waals surface area contributed by atoms with Crippen LogP contribution in [0.5, 0.6) is 0 Å². The number of imidazole rings is 1. The third-order valence-electron chi connectivity index (χ3n) is 7.03. The molecule has 0 bridgehead atoms. The highest BCUT2D eigenvalue weighted by molar-refractivity contribution is 7.89. The molecule has 0 aliphatic heterocycles. The van der Waals surface area contributed by atoms with Crippen molar-refractivity contribution in [2.24, 2.45) is 5.92 Å². The molecule has 0 radical (unpaired) electrons. The Hall–Kier alpha value is -4.46. The normalized spacial score (nSPS) is 13.2. The van der Waals surface area contributed by atoms with Crippen molar-refractivity contribution in [3.8, 4) is 0 Å². The van der Waals surface area contributed by atoms with Gasteiger partial charge in [-0.25, -0.2) is 18.2 Å². The lowest BCUT2D eigenvalue weighted by atomic mass is 9.99. The van der Waals surface area contributed by atoms with Crippen LogP contribution in [0.2, 0.25) is 0 Å². The van der Waals surface area contributed by atoms with Gasteiger partial charge in [-0.05, 0) is 66.8 Å². The van der Waals surface area contributed by atoms with E-state index in [9.17, 15) is 23.1 Å². The van der Waals surface area contributed by atoms with Gasteiger partial charge in [-0.3, -0.25) is 10.1 Å². The molecule has 4 rings (SSSR count). The minimum Gasteiger partial charge on any atom is -0.453 e. The van der Waals surface area contributed by atoms with Crippen LogP contribution in [0, 0.1) is 12.8 Å². The number of nitrogens with zero attached hydrogens (tertiary/aromatic N) is 2. The minimum atomic E-state index is -4.11. The van der Waals surface area contributed by atoms with Crippen LogP contribution in [0.15, 0.2) is 71.6 Å². The zero-order valence-electron chi connectivity index (χ0n) is 25.1. The van der Waals surface area contributed by atoms with Crippen LogP contribution in [0.25, 0.3) is 11.0 Å². The Bertz CT molecular complexity index is 1720. The molecule has 0 aliphatic rings. The Morgan fingerprint density at radius 3 is 2.45 bits per heavy atom. The zero-order valence-corrected chi connectivity index (χ0v) is 25.9. The Labute approximate surface area is 256 Å². The Morgan fingerprint density at radius 2 is 1.80 bits per heavy atom. The summed E-state index contributed by atoms with van der Waals surface area (Å²) in [5.74, 6) is -0.364. The van der Waals surface area contributed by atoms with Crippen molar-refractivity contribution in [3.05, 3.63) is 83.4 Å². The third-order valence-corrected chi connectivity index (χ3v) is 8.86. The number of benzene rings is 3. The van der Waals surface area contributed by atoms with Gasteiger partial charge in [-0.2, -0.15) is 4.31 Å². The largest absolute Gasteiger partial charge is 0.453 e. The molecule has 4 aromatic rings. The van der Waals surface area contributed by atoms with Crippen LogP contribution in [0.1, 0.15) is 35.3 Å². The maximum atomic E-state index is 14.0. The van der Waals surface area contributed by atoms with Crippen molar-refractivity contribution in [1.29, 1.82) is 0 Å². The smallest absolute Gasteiger partial charge is 0.413 e. The van der Waals surface area contributed by atoms with Gasteiger partial charge in [0.25, 0.3) is 5.91 Å². The molecule has 2 amide bonds. The summed E-state index contributed by atoms with van der Waals surface area (Å²) in [5.41, 5.74) is 9.16. The first-order valence-corrected chi connectivity index (χ1v) is 15.5. The van der Waals surface area contributed by atoms with Gasteiger partial charge in [0, 0.05) is 24.3 Å². The van der Waals surface area contributed by atoms with Gasteiger partial charge in [-0.15, -0.1) is 0 Å². The number of H-pyrrole nitrogens is 1. The van der Waals surface area contributed by atoms with E-state index in [1.165, 1.54) is 29.6 Å². The van der Waals surface area contributed by atoms with Crippen LogP contribution in [0.3, 0.4) is 0 Å². The summed E-state index contributed by atoms with van der Waals surface area (Å²) in [6.07, 6.45) is -1.71. The van der Waals surface area contributed by atoms with Gasteiger partial charge in [0.2, 0.25) is 16.0 Å². The van der Waals surface area contributed by atoms with Crippen LogP contribution >= 0.6 is 0 Å². The number of nitrogen functional groups attached to an aromatic ring is 1. The Balaban J connectivity index is 1.62. The summed E-state index contributed by atoms with van der Waals surface area (Å²) in [5, 5.41) is 16.9. The molecule has 234 valence electrons. The summed E-state index contributed by atoms with van der Waals surface area (Å²) in [7, 11) is -2.90. The topological polar surface area (TPSA) is 180 Å². The van der Waals surface area contributed by atoms with Gasteiger partial charge in [0.1, 0.15) is 0 Å². The van der Waals surface area contributed by atoms with E-state index >= 15 is 0 Å². The number of methoxy groups -OCH3 is 1. The molecule has 0 aliphatic carbocycles. The monoisotopic (exact) mass is 622 g/mol. The number of nitrogens with one attached hydrogen (secondary N) is 3. The summed E-state index contributed by atoms with van der Waals surface area (Å²) in [4.78, 5) is 32.0. The van der Waals surface area contributed by atoms with Crippen molar-refractivity contribution in [2.75, 3.05) is 31.2 Å². The number of rotatable bonds is 12. The summed E-state index contributed by atoms with van der Waals surface area (Å²) >= 11 is 0. The third kappa shape index (κ3) is 7.92. The number of hydrogen-bond donors (Lipinski definition) is 5. The number of aromatic nitrogens is 2. The zero-order chi connectivity index (χ0) is 32.0. The van der Waals surface area contributed by atoms with E-state index in [1.54, 1.807) is 25.1 Å². The minimum absolute atomic E-state index is 0.0211. The number of ether oxygens (including phenoxy) is 1. The molecule has 13 heteroatoms. The fraction of sp³-hybridized carbons (Fsp3) is 0.323.